The van der Waals surface area contributed by atoms with Gasteiger partial charge in [0.15, 0.2) is 5.78 Å². The monoisotopic (exact) mass is 755 g/mol. The van der Waals surface area contributed by atoms with E-state index in [2.05, 4.69) is 55.7 Å². The van der Waals surface area contributed by atoms with Crippen molar-refractivity contribution in [1.82, 2.24) is 14.9 Å². The Morgan fingerprint density at radius 1 is 1.02 bits per heavy atom. The van der Waals surface area contributed by atoms with E-state index in [9.17, 15) is 25.2 Å². The topological polar surface area (TPSA) is 128 Å². The largest absolute Gasteiger partial charge is 0.393 e. The molecule has 5 fully saturated rings. The minimum Gasteiger partial charge on any atom is -0.393 e. The Morgan fingerprint density at radius 2 is 1.75 bits per heavy atom. The third kappa shape index (κ3) is 6.34. The predicted molar refractivity (Wildman–Crippen MR) is 211 cm³/mol. The highest BCUT2D eigenvalue weighted by molar-refractivity contribution is 8.76. The van der Waals surface area contributed by atoms with Crippen LogP contribution in [0.5, 0.6) is 0 Å². The molecule has 2 bridgehead atoms. The smallest absolute Gasteiger partial charge is 0.159 e. The number of aliphatic hydroxyl groups excluding tert-OH is 3. The summed E-state index contributed by atoms with van der Waals surface area (Å²) in [6, 6.07) is 0.240. The van der Waals surface area contributed by atoms with E-state index in [0.717, 1.165) is 55.6 Å². The van der Waals surface area contributed by atoms with Crippen molar-refractivity contribution in [3.05, 3.63) is 41.5 Å². The lowest BCUT2D eigenvalue weighted by molar-refractivity contribution is -0.172. The third-order valence-electron chi connectivity index (χ3n) is 15.7. The maximum absolute atomic E-state index is 14.4. The van der Waals surface area contributed by atoms with Gasteiger partial charge >= 0.3 is 0 Å². The van der Waals surface area contributed by atoms with Crippen LogP contribution in [-0.4, -0.2) is 84.8 Å². The number of aliphatic hydroxyl groups is 4. The average Bonchev–Trinajstić information content (AvgIpc) is 3.72. The molecule has 8 nitrogen and oxygen atoms in total. The normalized spacial score (nSPS) is 45.7. The number of fused-ring (bicyclic) bond motifs is 9. The molecule has 5 aliphatic carbocycles. The second-order valence-electron chi connectivity index (χ2n) is 18.9. The highest BCUT2D eigenvalue weighted by Crippen LogP contribution is 2.70. The van der Waals surface area contributed by atoms with Crippen LogP contribution in [0.15, 0.2) is 41.5 Å². The summed E-state index contributed by atoms with van der Waals surface area (Å²) >= 11 is 0. The fourth-order valence-corrected chi connectivity index (χ4v) is 15.7. The average molecular weight is 756 g/mol. The number of aromatic nitrogens is 2. The molecule has 4 saturated carbocycles. The Balaban J connectivity index is 1.29. The molecular formula is C42H65N3O5S2. The zero-order valence-corrected chi connectivity index (χ0v) is 34.0. The van der Waals surface area contributed by atoms with Gasteiger partial charge in [-0.15, -0.1) is 0 Å². The van der Waals surface area contributed by atoms with Gasteiger partial charge in [0, 0.05) is 59.7 Å². The van der Waals surface area contributed by atoms with Gasteiger partial charge in [-0.3, -0.25) is 4.79 Å². The SMILES string of the molecule is CNCC1C(O)C(O)CC2(C)C3CCC4(C)C5CC(CSSCC(n6ccnc6)CC(C)(C)C(=C6CCCCC6)CC(O)C5C)C4(O)C3=CC(=O)C12. The summed E-state index contributed by atoms with van der Waals surface area (Å²) in [7, 11) is 5.57. The fraction of sp³-hybridized carbons (Fsp3) is 0.810. The molecule has 6 aliphatic rings. The summed E-state index contributed by atoms with van der Waals surface area (Å²) in [4.78, 5) is 18.8. The molecule has 0 amide bonds. The van der Waals surface area contributed by atoms with E-state index in [-0.39, 0.29) is 40.9 Å². The lowest BCUT2D eigenvalue weighted by Gasteiger charge is -2.62. The van der Waals surface area contributed by atoms with Crippen LogP contribution in [-0.2, 0) is 4.79 Å². The number of hydrogen-bond acceptors (Lipinski definition) is 9. The van der Waals surface area contributed by atoms with Gasteiger partial charge in [0.2, 0.25) is 0 Å². The standard InChI is InChI=1S/C42H65N3O5S2/c1-25-31-16-27(22-51-52-23-28(45-15-14-44-24-45)19-39(2,3)32(17-34(25)46)26-10-8-7-9-11-26)42(50)33-18-35(47)37-29(21-43-6)38(49)36(48)20-40(37,4)30(33)12-13-41(31,42)5/h14-15,18,24-25,27-31,34,36-38,43,46,48-50H,7-13,16-17,19-23H2,1-6H3. The maximum atomic E-state index is 14.4. The predicted octanol–water partition coefficient (Wildman–Crippen LogP) is 6.76. The van der Waals surface area contributed by atoms with Crippen LogP contribution in [0, 0.1) is 51.8 Å². The van der Waals surface area contributed by atoms with Gasteiger partial charge in [0.25, 0.3) is 0 Å². The van der Waals surface area contributed by atoms with Crippen molar-refractivity contribution >= 4 is 27.4 Å². The van der Waals surface area contributed by atoms with Gasteiger partial charge in [-0.05, 0) is 111 Å². The molecule has 2 heterocycles. The second kappa shape index (κ2) is 14.7. The number of allylic oxidation sites excluding steroid dienone is 2. The van der Waals surface area contributed by atoms with Crippen LogP contribution in [0.25, 0.3) is 0 Å². The number of carbonyl (C=O) groups excluding carboxylic acids is 1. The molecule has 13 atom stereocenters. The van der Waals surface area contributed by atoms with Gasteiger partial charge in [-0.2, -0.15) is 0 Å². The number of rotatable bonds is 3. The molecule has 5 N–H and O–H groups in total. The summed E-state index contributed by atoms with van der Waals surface area (Å²) in [6.07, 6.45) is 15.6. The number of ketones is 1. The lowest BCUT2D eigenvalue weighted by Crippen LogP contribution is -2.65. The summed E-state index contributed by atoms with van der Waals surface area (Å²) in [5, 5.41) is 51.6. The van der Waals surface area contributed by atoms with Crippen LogP contribution in [0.2, 0.25) is 0 Å². The van der Waals surface area contributed by atoms with Crippen molar-refractivity contribution in [2.45, 2.75) is 135 Å². The minimum absolute atomic E-state index is 0.0185. The van der Waals surface area contributed by atoms with E-state index >= 15 is 0 Å². The number of hydrogen-bond donors (Lipinski definition) is 5. The zero-order chi connectivity index (χ0) is 37.2. The van der Waals surface area contributed by atoms with Crippen molar-refractivity contribution in [3.8, 4) is 0 Å². The molecule has 10 heteroatoms. The molecule has 0 radical (unpaired) electrons. The van der Waals surface area contributed by atoms with E-state index in [0.29, 0.717) is 19.4 Å². The van der Waals surface area contributed by atoms with Crippen molar-refractivity contribution < 1.29 is 25.2 Å². The van der Waals surface area contributed by atoms with E-state index in [4.69, 9.17) is 0 Å². The molecule has 13 unspecified atom stereocenters. The number of imidazole rings is 1. The Morgan fingerprint density at radius 3 is 2.44 bits per heavy atom. The van der Waals surface area contributed by atoms with Crippen molar-refractivity contribution in [3.63, 3.8) is 0 Å². The molecule has 1 aromatic rings. The summed E-state index contributed by atoms with van der Waals surface area (Å²) < 4.78 is 2.26. The number of carbonyl (C=O) groups is 1. The molecule has 290 valence electrons. The molecular weight excluding hydrogens is 691 g/mol. The van der Waals surface area contributed by atoms with Crippen LogP contribution >= 0.6 is 21.6 Å². The summed E-state index contributed by atoms with van der Waals surface area (Å²) in [5.41, 5.74) is 1.47. The Bertz CT molecular complexity index is 1520. The first-order chi connectivity index (χ1) is 24.7. The van der Waals surface area contributed by atoms with Gasteiger partial charge in [-0.25, -0.2) is 4.98 Å². The Kier molecular flexibility index (Phi) is 11.1. The van der Waals surface area contributed by atoms with Gasteiger partial charge in [0.1, 0.15) is 0 Å². The fourth-order valence-electron chi connectivity index (χ4n) is 13.0. The highest BCUT2D eigenvalue weighted by atomic mass is 33.1. The molecule has 0 aromatic carbocycles. The molecule has 7 rings (SSSR count). The quantitative estimate of drug-likeness (QED) is 0.168. The van der Waals surface area contributed by atoms with Crippen LogP contribution in [0.4, 0.5) is 0 Å². The van der Waals surface area contributed by atoms with E-state index in [1.165, 1.54) is 24.8 Å². The Labute approximate surface area is 319 Å². The van der Waals surface area contributed by atoms with Gasteiger partial charge in [0.05, 0.1) is 30.2 Å². The van der Waals surface area contributed by atoms with Crippen molar-refractivity contribution in [2.24, 2.45) is 51.8 Å². The van der Waals surface area contributed by atoms with E-state index in [1.54, 1.807) is 11.6 Å². The number of nitrogens with zero attached hydrogens (tertiary/aromatic N) is 2. The van der Waals surface area contributed by atoms with Gasteiger partial charge in [-0.1, -0.05) is 73.8 Å². The molecule has 1 aromatic heterocycles. The lowest BCUT2D eigenvalue weighted by atomic mass is 9.44. The minimum atomic E-state index is -1.21. The first kappa shape index (κ1) is 39.1. The molecule has 1 aliphatic heterocycles. The van der Waals surface area contributed by atoms with E-state index < -0.39 is 46.6 Å². The first-order valence-corrected chi connectivity index (χ1v) is 22.8. The molecule has 1 saturated heterocycles. The zero-order valence-electron chi connectivity index (χ0n) is 32.4. The molecule has 0 spiro atoms. The van der Waals surface area contributed by atoms with E-state index in [1.807, 2.05) is 41.2 Å². The molecule has 52 heavy (non-hydrogen) atoms. The second-order valence-corrected chi connectivity index (χ2v) is 21.4. The third-order valence-corrected chi connectivity index (χ3v) is 18.3. The maximum Gasteiger partial charge on any atom is 0.159 e. The van der Waals surface area contributed by atoms with Crippen LogP contribution < -0.4 is 5.32 Å². The first-order valence-electron chi connectivity index (χ1n) is 20.3. The van der Waals surface area contributed by atoms with Gasteiger partial charge < -0.3 is 30.3 Å². The Hall–Kier alpha value is -1.14. The van der Waals surface area contributed by atoms with Crippen molar-refractivity contribution in [2.75, 3.05) is 25.1 Å². The van der Waals surface area contributed by atoms with Crippen LogP contribution in [0.1, 0.15) is 111 Å². The summed E-state index contributed by atoms with van der Waals surface area (Å²) in [6.45, 7) is 11.9. The number of nitrogens with one attached hydrogen (secondary N) is 1. The summed E-state index contributed by atoms with van der Waals surface area (Å²) in [5.74, 6) is 0.749. The van der Waals surface area contributed by atoms with Crippen LogP contribution in [0.3, 0.4) is 0 Å². The van der Waals surface area contributed by atoms with Crippen molar-refractivity contribution in [1.29, 1.82) is 0 Å². The highest BCUT2D eigenvalue weighted by Gasteiger charge is 2.71.